The Bertz CT molecular complexity index is 1110. The Morgan fingerprint density at radius 2 is 1.32 bits per heavy atom. The van der Waals surface area contributed by atoms with Gasteiger partial charge in [0.1, 0.15) is 0 Å². The van der Waals surface area contributed by atoms with Crippen molar-refractivity contribution in [2.75, 3.05) is 0 Å². The van der Waals surface area contributed by atoms with Crippen LogP contribution in [-0.4, -0.2) is 18.6 Å². The van der Waals surface area contributed by atoms with Crippen LogP contribution in [0.1, 0.15) is 23.6 Å². The lowest BCUT2D eigenvalue weighted by Gasteiger charge is -2.33. The molecule has 0 aliphatic rings. The lowest BCUT2D eigenvalue weighted by molar-refractivity contribution is 0.429. The third kappa shape index (κ3) is 3.58. The number of hydrogen-bond donors (Lipinski definition) is 2. The summed E-state index contributed by atoms with van der Waals surface area (Å²) in [5, 5.41) is 19.1. The van der Waals surface area contributed by atoms with E-state index in [1.165, 1.54) is 39.4 Å². The highest BCUT2D eigenvalue weighted by atomic mass is 127. The Balaban J connectivity index is 2.42. The maximum Gasteiger partial charge on any atom is 0.231 e. The number of rotatable bonds is 4. The predicted molar refractivity (Wildman–Crippen MR) is 109 cm³/mol. The molecule has 146 valence electrons. The first-order valence-electron chi connectivity index (χ1n) is 8.07. The van der Waals surface area contributed by atoms with E-state index in [0.29, 0.717) is 16.7 Å². The minimum Gasteiger partial charge on any atom is -0.505 e. The molecule has 3 rings (SSSR count). The monoisotopic (exact) mass is 516 g/mol. The first kappa shape index (κ1) is 20.5. The van der Waals surface area contributed by atoms with Crippen LogP contribution >= 0.6 is 21.2 Å². The normalized spacial score (nSPS) is 12.1. The standard InChI is InChI=1S/C20H15F2IO4S/c1-20(12-6-8-17(24)15(21)10-12,13-7-9-18(25)16(22)11-13)14-4-2-3-5-19(14)28(23,26)27/h2-11,24-25H,1H3. The number of phenols is 2. The van der Waals surface area contributed by atoms with Gasteiger partial charge in [-0.05, 0) is 53.9 Å². The fourth-order valence-electron chi connectivity index (χ4n) is 3.21. The molecule has 0 aliphatic carbocycles. The largest absolute Gasteiger partial charge is 0.505 e. The quantitative estimate of drug-likeness (QED) is 0.296. The second-order valence-corrected chi connectivity index (χ2v) is 11.2. The number of aromatic hydroxyl groups is 2. The summed E-state index contributed by atoms with van der Waals surface area (Å²) in [5.74, 6) is -2.90. The summed E-state index contributed by atoms with van der Waals surface area (Å²) in [6.45, 7) is 1.63. The van der Waals surface area contributed by atoms with Crippen molar-refractivity contribution >= 4 is 28.2 Å². The Kier molecular flexibility index (Phi) is 5.37. The van der Waals surface area contributed by atoms with Gasteiger partial charge < -0.3 is 10.2 Å². The number of phenolic OH excluding ortho intramolecular Hbond substituents is 2. The van der Waals surface area contributed by atoms with Crippen LogP contribution in [0.4, 0.5) is 8.78 Å². The molecule has 0 aromatic heterocycles. The molecular weight excluding hydrogens is 501 g/mol. The van der Waals surface area contributed by atoms with Crippen molar-refractivity contribution in [3.8, 4) is 11.5 Å². The molecular formula is C20H15F2IO4S. The highest BCUT2D eigenvalue weighted by Crippen LogP contribution is 2.44. The van der Waals surface area contributed by atoms with Gasteiger partial charge >= 0.3 is 0 Å². The van der Waals surface area contributed by atoms with Crippen LogP contribution in [0.15, 0.2) is 65.6 Å². The van der Waals surface area contributed by atoms with E-state index in [2.05, 4.69) is 0 Å². The van der Waals surface area contributed by atoms with E-state index >= 15 is 0 Å². The van der Waals surface area contributed by atoms with E-state index in [0.717, 1.165) is 24.3 Å². The van der Waals surface area contributed by atoms with Gasteiger partial charge in [-0.15, -0.1) is 0 Å². The molecule has 2 N–H and O–H groups in total. The Hall–Kier alpha value is -2.20. The Morgan fingerprint density at radius 1 is 0.857 bits per heavy atom. The van der Waals surface area contributed by atoms with Crippen molar-refractivity contribution in [3.63, 3.8) is 0 Å². The molecule has 0 saturated carbocycles. The Labute approximate surface area is 173 Å². The third-order valence-corrected chi connectivity index (χ3v) is 7.04. The van der Waals surface area contributed by atoms with Crippen LogP contribution in [0.3, 0.4) is 0 Å². The van der Waals surface area contributed by atoms with Crippen molar-refractivity contribution in [2.24, 2.45) is 0 Å². The second kappa shape index (κ2) is 7.32. The van der Waals surface area contributed by atoms with Crippen molar-refractivity contribution < 1.29 is 27.4 Å². The number of benzene rings is 3. The van der Waals surface area contributed by atoms with Gasteiger partial charge in [0.25, 0.3) is 0 Å². The number of halogens is 3. The zero-order chi connectivity index (χ0) is 20.7. The van der Waals surface area contributed by atoms with E-state index in [-0.39, 0.29) is 4.90 Å². The minimum absolute atomic E-state index is 0.0000614. The van der Waals surface area contributed by atoms with E-state index in [4.69, 9.17) is 0 Å². The van der Waals surface area contributed by atoms with E-state index in [9.17, 15) is 27.4 Å². The smallest absolute Gasteiger partial charge is 0.231 e. The maximum absolute atomic E-state index is 14.1. The zero-order valence-electron chi connectivity index (χ0n) is 14.5. The van der Waals surface area contributed by atoms with Crippen molar-refractivity contribution in [1.82, 2.24) is 0 Å². The van der Waals surface area contributed by atoms with Crippen LogP contribution in [0, 0.1) is 11.6 Å². The van der Waals surface area contributed by atoms with Crippen molar-refractivity contribution in [1.29, 1.82) is 0 Å². The second-order valence-electron chi connectivity index (χ2n) is 6.39. The molecule has 3 aromatic rings. The predicted octanol–water partition coefficient (Wildman–Crippen LogP) is 4.85. The molecule has 4 nitrogen and oxygen atoms in total. The van der Waals surface area contributed by atoms with Crippen LogP contribution in [0.2, 0.25) is 0 Å². The molecule has 28 heavy (non-hydrogen) atoms. The molecule has 0 aliphatic heterocycles. The minimum atomic E-state index is -3.69. The molecule has 0 atom stereocenters. The van der Waals surface area contributed by atoms with Gasteiger partial charge in [-0.25, -0.2) is 17.2 Å². The molecule has 0 amide bonds. The molecule has 0 unspecified atom stereocenters. The summed E-state index contributed by atoms with van der Waals surface area (Å²) in [5.41, 5.74) is -0.377. The average molecular weight is 516 g/mol. The molecule has 0 fully saturated rings. The highest BCUT2D eigenvalue weighted by Gasteiger charge is 2.36. The van der Waals surface area contributed by atoms with Crippen LogP contribution in [0.5, 0.6) is 11.5 Å². The number of hydrogen-bond acceptors (Lipinski definition) is 4. The molecule has 0 spiro atoms. The highest BCUT2D eigenvalue weighted by molar-refractivity contribution is 14.2. The Morgan fingerprint density at radius 3 is 1.75 bits per heavy atom. The summed E-state index contributed by atoms with van der Waals surface area (Å²) in [4.78, 5) is 0.0000614. The molecule has 0 radical (unpaired) electrons. The topological polar surface area (TPSA) is 74.6 Å². The molecule has 0 saturated heterocycles. The molecule has 8 heteroatoms. The van der Waals surface area contributed by atoms with Crippen LogP contribution in [0.25, 0.3) is 0 Å². The SMILES string of the molecule is CC(c1ccc(O)c(F)c1)(c1ccc(O)c(F)c1)c1ccccc1S(=O)(=O)I. The summed E-state index contributed by atoms with van der Waals surface area (Å²) in [6, 6.07) is 13.5. The van der Waals surface area contributed by atoms with E-state index < -0.39 is 35.6 Å². The van der Waals surface area contributed by atoms with Gasteiger partial charge in [0.05, 0.1) is 26.1 Å². The lowest BCUT2D eigenvalue weighted by atomic mass is 9.71. The van der Waals surface area contributed by atoms with Gasteiger partial charge in [0.15, 0.2) is 23.1 Å². The van der Waals surface area contributed by atoms with Gasteiger partial charge in [-0.2, -0.15) is 0 Å². The first-order chi connectivity index (χ1) is 13.0. The first-order valence-corrected chi connectivity index (χ1v) is 12.1. The fraction of sp³-hybridized carbons (Fsp3) is 0.100. The van der Waals surface area contributed by atoms with Crippen LogP contribution in [-0.2, 0) is 12.4 Å². The maximum atomic E-state index is 14.1. The van der Waals surface area contributed by atoms with E-state index in [1.54, 1.807) is 25.1 Å². The summed E-state index contributed by atoms with van der Waals surface area (Å²) < 4.78 is 53.0. The molecule has 0 heterocycles. The van der Waals surface area contributed by atoms with Crippen molar-refractivity contribution in [2.45, 2.75) is 17.2 Å². The van der Waals surface area contributed by atoms with Gasteiger partial charge in [0.2, 0.25) is 7.01 Å². The summed E-state index contributed by atoms with van der Waals surface area (Å²) >= 11 is 1.31. The average Bonchev–Trinajstić information content (AvgIpc) is 2.65. The van der Waals surface area contributed by atoms with Gasteiger partial charge in [-0.3, -0.25) is 0 Å². The zero-order valence-corrected chi connectivity index (χ0v) is 17.5. The van der Waals surface area contributed by atoms with Crippen molar-refractivity contribution in [3.05, 3.63) is 89.0 Å². The molecule has 0 bridgehead atoms. The van der Waals surface area contributed by atoms with E-state index in [1.807, 2.05) is 0 Å². The van der Waals surface area contributed by atoms with Gasteiger partial charge in [0, 0.05) is 5.41 Å². The lowest BCUT2D eigenvalue weighted by Crippen LogP contribution is -2.27. The fourth-order valence-corrected chi connectivity index (χ4v) is 5.13. The summed E-state index contributed by atoms with van der Waals surface area (Å²) in [6.07, 6.45) is 0. The summed E-state index contributed by atoms with van der Waals surface area (Å²) in [7, 11) is -3.69. The molecule has 3 aromatic carbocycles. The third-order valence-electron chi connectivity index (χ3n) is 4.74. The van der Waals surface area contributed by atoms with Gasteiger partial charge in [-0.1, -0.05) is 30.3 Å². The van der Waals surface area contributed by atoms with Crippen LogP contribution < -0.4 is 0 Å².